The maximum Gasteiger partial charge on any atom is 0.252 e. The molecule has 27 heavy (non-hydrogen) atoms. The van der Waals surface area contributed by atoms with Crippen molar-refractivity contribution >= 4 is 28.8 Å². The van der Waals surface area contributed by atoms with E-state index in [2.05, 4.69) is 41.8 Å². The summed E-state index contributed by atoms with van der Waals surface area (Å²) in [5, 5.41) is 7.85. The highest BCUT2D eigenvalue weighted by Crippen LogP contribution is 2.27. The van der Waals surface area contributed by atoms with Gasteiger partial charge < -0.3 is 10.6 Å². The van der Waals surface area contributed by atoms with Gasteiger partial charge in [-0.15, -0.1) is 11.3 Å². The number of anilines is 1. The summed E-state index contributed by atoms with van der Waals surface area (Å²) in [5.74, 6) is -0.289. The average Bonchev–Trinajstić information content (AvgIpc) is 3.20. The molecule has 0 spiro atoms. The number of carbonyl (C=O) groups excluding carboxylic acids is 2. The third kappa shape index (κ3) is 4.83. The number of hydrogen-bond donors (Lipinski definition) is 2. The van der Waals surface area contributed by atoms with Crippen LogP contribution in [0.1, 0.15) is 46.3 Å². The lowest BCUT2D eigenvalue weighted by atomic mass is 10.0. The zero-order valence-electron chi connectivity index (χ0n) is 15.4. The van der Waals surface area contributed by atoms with Crippen molar-refractivity contribution in [2.45, 2.75) is 26.3 Å². The van der Waals surface area contributed by atoms with Gasteiger partial charge in [0.25, 0.3) is 5.91 Å². The number of hydrogen-bond acceptors (Lipinski definition) is 3. The van der Waals surface area contributed by atoms with Crippen molar-refractivity contribution in [3.8, 4) is 0 Å². The normalized spacial score (nSPS) is 11.6. The van der Waals surface area contributed by atoms with Gasteiger partial charge in [-0.3, -0.25) is 9.59 Å². The molecule has 3 aromatic rings. The van der Waals surface area contributed by atoms with E-state index in [1.807, 2.05) is 17.5 Å². The SMILES string of the molecule is CCc1ccc(C(NC(=O)c2ccc(NC(C)=O)cc2)c2cccs2)cc1. The quantitative estimate of drug-likeness (QED) is 0.648. The molecule has 0 aliphatic rings. The molecule has 1 aromatic heterocycles. The second-order valence-corrected chi connectivity index (χ2v) is 7.25. The molecule has 2 N–H and O–H groups in total. The molecule has 2 amide bonds. The summed E-state index contributed by atoms with van der Waals surface area (Å²) in [7, 11) is 0. The number of aryl methyl sites for hydroxylation is 1. The maximum atomic E-state index is 12.8. The van der Waals surface area contributed by atoms with E-state index >= 15 is 0 Å². The summed E-state index contributed by atoms with van der Waals surface area (Å²) < 4.78 is 0. The van der Waals surface area contributed by atoms with E-state index in [4.69, 9.17) is 0 Å². The fourth-order valence-electron chi connectivity index (χ4n) is 2.84. The van der Waals surface area contributed by atoms with Gasteiger partial charge in [0.05, 0.1) is 6.04 Å². The standard InChI is InChI=1S/C22H22N2O2S/c1-3-16-6-8-17(9-7-16)21(20-5-4-14-27-20)24-22(26)18-10-12-19(13-11-18)23-15(2)25/h4-14,21H,3H2,1-2H3,(H,23,25)(H,24,26). The summed E-state index contributed by atoms with van der Waals surface area (Å²) in [6.45, 7) is 3.58. The fraction of sp³-hybridized carbons (Fsp3) is 0.182. The number of nitrogens with one attached hydrogen (secondary N) is 2. The van der Waals surface area contributed by atoms with Gasteiger partial charge in [-0.1, -0.05) is 37.3 Å². The highest BCUT2D eigenvalue weighted by molar-refractivity contribution is 7.10. The number of carbonyl (C=O) groups is 2. The van der Waals surface area contributed by atoms with E-state index in [1.165, 1.54) is 12.5 Å². The summed E-state index contributed by atoms with van der Waals surface area (Å²) in [5.41, 5.74) is 3.54. The predicted octanol–water partition coefficient (Wildman–Crippen LogP) is 4.79. The Balaban J connectivity index is 1.81. The largest absolute Gasteiger partial charge is 0.340 e. The van der Waals surface area contributed by atoms with Gasteiger partial charge in [0.15, 0.2) is 0 Å². The number of amides is 2. The Morgan fingerprint density at radius 1 is 1.00 bits per heavy atom. The zero-order chi connectivity index (χ0) is 19.2. The van der Waals surface area contributed by atoms with E-state index in [0.29, 0.717) is 11.3 Å². The van der Waals surface area contributed by atoms with Crippen LogP contribution in [-0.2, 0) is 11.2 Å². The van der Waals surface area contributed by atoms with E-state index < -0.39 is 0 Å². The average molecular weight is 378 g/mol. The minimum Gasteiger partial charge on any atom is -0.340 e. The maximum absolute atomic E-state index is 12.8. The van der Waals surface area contributed by atoms with Crippen LogP contribution in [0.3, 0.4) is 0 Å². The van der Waals surface area contributed by atoms with Crippen LogP contribution in [0.25, 0.3) is 0 Å². The Hall–Kier alpha value is -2.92. The Bertz CT molecular complexity index is 901. The molecule has 1 heterocycles. The van der Waals surface area contributed by atoms with Crippen LogP contribution in [-0.4, -0.2) is 11.8 Å². The molecule has 4 nitrogen and oxygen atoms in total. The Labute approximate surface area is 163 Å². The third-order valence-corrected chi connectivity index (χ3v) is 5.23. The van der Waals surface area contributed by atoms with Gasteiger partial charge in [-0.2, -0.15) is 0 Å². The number of thiophene rings is 1. The van der Waals surface area contributed by atoms with Crippen LogP contribution in [0.4, 0.5) is 5.69 Å². The number of benzene rings is 2. The highest BCUT2D eigenvalue weighted by atomic mass is 32.1. The Morgan fingerprint density at radius 2 is 1.70 bits per heavy atom. The van der Waals surface area contributed by atoms with Crippen molar-refractivity contribution in [2.75, 3.05) is 5.32 Å². The first-order valence-corrected chi connectivity index (χ1v) is 9.75. The molecule has 5 heteroatoms. The number of rotatable bonds is 6. The fourth-order valence-corrected chi connectivity index (χ4v) is 3.65. The van der Waals surface area contributed by atoms with Crippen LogP contribution >= 0.6 is 11.3 Å². The molecule has 0 fully saturated rings. The second-order valence-electron chi connectivity index (χ2n) is 6.28. The lowest BCUT2D eigenvalue weighted by molar-refractivity contribution is -0.114. The van der Waals surface area contributed by atoms with E-state index in [9.17, 15) is 9.59 Å². The van der Waals surface area contributed by atoms with Crippen molar-refractivity contribution in [1.82, 2.24) is 5.32 Å². The molecule has 0 bridgehead atoms. The molecule has 0 aliphatic heterocycles. The molecular formula is C22H22N2O2S. The Morgan fingerprint density at radius 3 is 2.26 bits per heavy atom. The summed E-state index contributed by atoms with van der Waals surface area (Å²) >= 11 is 1.62. The lowest BCUT2D eigenvalue weighted by Crippen LogP contribution is -2.28. The van der Waals surface area contributed by atoms with E-state index in [1.54, 1.807) is 35.6 Å². The smallest absolute Gasteiger partial charge is 0.252 e. The first-order chi connectivity index (χ1) is 13.1. The monoisotopic (exact) mass is 378 g/mol. The van der Waals surface area contributed by atoms with Crippen molar-refractivity contribution < 1.29 is 9.59 Å². The zero-order valence-corrected chi connectivity index (χ0v) is 16.2. The van der Waals surface area contributed by atoms with Crippen LogP contribution in [0.2, 0.25) is 0 Å². The molecule has 3 rings (SSSR count). The summed E-state index contributed by atoms with van der Waals surface area (Å²) in [4.78, 5) is 25.0. The summed E-state index contributed by atoms with van der Waals surface area (Å²) in [6, 6.07) is 19.1. The molecule has 2 aromatic carbocycles. The van der Waals surface area contributed by atoms with Gasteiger partial charge in [0, 0.05) is 23.1 Å². The third-order valence-electron chi connectivity index (χ3n) is 4.29. The summed E-state index contributed by atoms with van der Waals surface area (Å²) in [6.07, 6.45) is 0.983. The van der Waals surface area contributed by atoms with Crippen molar-refractivity contribution in [3.63, 3.8) is 0 Å². The predicted molar refractivity (Wildman–Crippen MR) is 110 cm³/mol. The van der Waals surface area contributed by atoms with Crippen molar-refractivity contribution in [2.24, 2.45) is 0 Å². The topological polar surface area (TPSA) is 58.2 Å². The molecule has 1 atom stereocenters. The molecule has 1 unspecified atom stereocenters. The first-order valence-electron chi connectivity index (χ1n) is 8.87. The van der Waals surface area contributed by atoms with Gasteiger partial charge in [0.2, 0.25) is 5.91 Å². The highest BCUT2D eigenvalue weighted by Gasteiger charge is 2.19. The molecule has 0 saturated heterocycles. The Kier molecular flexibility index (Phi) is 6.04. The van der Waals surface area contributed by atoms with Gasteiger partial charge in [-0.05, 0) is 53.3 Å². The van der Waals surface area contributed by atoms with Crippen molar-refractivity contribution in [1.29, 1.82) is 0 Å². The van der Waals surface area contributed by atoms with Gasteiger partial charge in [0.1, 0.15) is 0 Å². The lowest BCUT2D eigenvalue weighted by Gasteiger charge is -2.19. The first kappa shape index (κ1) is 18.9. The molecule has 0 radical (unpaired) electrons. The van der Waals surface area contributed by atoms with Gasteiger partial charge in [-0.25, -0.2) is 0 Å². The molecule has 138 valence electrons. The van der Waals surface area contributed by atoms with E-state index in [0.717, 1.165) is 16.9 Å². The minimum absolute atomic E-state index is 0.138. The van der Waals surface area contributed by atoms with Crippen LogP contribution < -0.4 is 10.6 Å². The second kappa shape index (κ2) is 8.64. The molecule has 0 saturated carbocycles. The van der Waals surface area contributed by atoms with Crippen LogP contribution in [0.15, 0.2) is 66.0 Å². The van der Waals surface area contributed by atoms with Gasteiger partial charge >= 0.3 is 0 Å². The van der Waals surface area contributed by atoms with E-state index in [-0.39, 0.29) is 17.9 Å². The van der Waals surface area contributed by atoms with Crippen LogP contribution in [0, 0.1) is 0 Å². The van der Waals surface area contributed by atoms with Crippen molar-refractivity contribution in [3.05, 3.63) is 87.6 Å². The minimum atomic E-state index is -0.196. The molecular weight excluding hydrogens is 356 g/mol. The van der Waals surface area contributed by atoms with Crippen LogP contribution in [0.5, 0.6) is 0 Å². The molecule has 0 aliphatic carbocycles.